The fraction of sp³-hybridized carbons (Fsp3) is 0.467. The van der Waals surface area contributed by atoms with E-state index >= 15 is 0 Å². The first-order valence-electron chi connectivity index (χ1n) is 7.58. The quantitative estimate of drug-likeness (QED) is 0.794. The van der Waals surface area contributed by atoms with Gasteiger partial charge in [0.15, 0.2) is 0 Å². The molecule has 0 spiro atoms. The summed E-state index contributed by atoms with van der Waals surface area (Å²) in [5, 5.41) is 13.2. The molecule has 0 aliphatic carbocycles. The highest BCUT2D eigenvalue weighted by molar-refractivity contribution is 5.97. The van der Waals surface area contributed by atoms with E-state index in [2.05, 4.69) is 25.6 Å². The van der Waals surface area contributed by atoms with Crippen molar-refractivity contribution in [3.63, 3.8) is 0 Å². The van der Waals surface area contributed by atoms with Gasteiger partial charge in [-0.1, -0.05) is 0 Å². The van der Waals surface area contributed by atoms with Crippen molar-refractivity contribution in [1.82, 2.24) is 30.5 Å². The number of fused-ring (bicyclic) bond motifs is 1. The molecule has 1 fully saturated rings. The standard InChI is InChI=1S/C15H20N6O2/c1-16-14(22)11-8-20(2)5-6-21(9-11)15(23)10-3-4-12-13(7-10)18-19-17-12/h3-4,7,11H,5-6,8-9H2,1-2H3,(H,16,22)(H,17,18,19)/t11-/m1/s1. The number of aromatic amines is 1. The summed E-state index contributed by atoms with van der Waals surface area (Å²) in [6, 6.07) is 5.24. The van der Waals surface area contributed by atoms with E-state index in [0.717, 1.165) is 12.1 Å². The Morgan fingerprint density at radius 2 is 2.00 bits per heavy atom. The van der Waals surface area contributed by atoms with Gasteiger partial charge in [-0.25, -0.2) is 0 Å². The van der Waals surface area contributed by atoms with Crippen molar-refractivity contribution in [2.45, 2.75) is 0 Å². The predicted octanol–water partition coefficient (Wildman–Crippen LogP) is -0.292. The molecule has 2 amide bonds. The molecule has 1 atom stereocenters. The average Bonchev–Trinajstić information content (AvgIpc) is 2.94. The first kappa shape index (κ1) is 15.4. The second-order valence-electron chi connectivity index (χ2n) is 5.85. The molecule has 1 aliphatic rings. The van der Waals surface area contributed by atoms with E-state index in [1.165, 1.54) is 0 Å². The Hall–Kier alpha value is -2.48. The lowest BCUT2D eigenvalue weighted by atomic mass is 10.1. The number of carbonyl (C=O) groups excluding carboxylic acids is 2. The minimum atomic E-state index is -0.229. The molecule has 0 saturated carbocycles. The van der Waals surface area contributed by atoms with Crippen LogP contribution >= 0.6 is 0 Å². The van der Waals surface area contributed by atoms with E-state index in [4.69, 9.17) is 0 Å². The molecule has 0 bridgehead atoms. The van der Waals surface area contributed by atoms with Crippen LogP contribution < -0.4 is 5.32 Å². The molecule has 1 aromatic carbocycles. The zero-order chi connectivity index (χ0) is 16.4. The topological polar surface area (TPSA) is 94.2 Å². The predicted molar refractivity (Wildman–Crippen MR) is 84.8 cm³/mol. The lowest BCUT2D eigenvalue weighted by Gasteiger charge is -2.23. The van der Waals surface area contributed by atoms with Crippen LogP contribution in [0, 0.1) is 5.92 Å². The van der Waals surface area contributed by atoms with Crippen LogP contribution in [-0.4, -0.2) is 77.3 Å². The molecular formula is C15H20N6O2. The number of hydrogen-bond donors (Lipinski definition) is 2. The lowest BCUT2D eigenvalue weighted by Crippen LogP contribution is -2.41. The lowest BCUT2D eigenvalue weighted by molar-refractivity contribution is -0.125. The molecule has 1 aliphatic heterocycles. The number of nitrogens with zero attached hydrogens (tertiary/aromatic N) is 4. The molecule has 0 unspecified atom stereocenters. The van der Waals surface area contributed by atoms with Crippen molar-refractivity contribution < 1.29 is 9.59 Å². The zero-order valence-electron chi connectivity index (χ0n) is 13.2. The summed E-state index contributed by atoms with van der Waals surface area (Å²) in [6.45, 7) is 2.40. The van der Waals surface area contributed by atoms with Crippen LogP contribution in [-0.2, 0) is 4.79 Å². The third-order valence-electron chi connectivity index (χ3n) is 4.19. The summed E-state index contributed by atoms with van der Waals surface area (Å²) in [6.07, 6.45) is 0. The highest BCUT2D eigenvalue weighted by atomic mass is 16.2. The van der Waals surface area contributed by atoms with Crippen LogP contribution in [0.1, 0.15) is 10.4 Å². The highest BCUT2D eigenvalue weighted by Gasteiger charge is 2.29. The maximum absolute atomic E-state index is 12.8. The molecule has 2 N–H and O–H groups in total. The van der Waals surface area contributed by atoms with Crippen molar-refractivity contribution >= 4 is 22.8 Å². The summed E-state index contributed by atoms with van der Waals surface area (Å²) < 4.78 is 0. The van der Waals surface area contributed by atoms with Crippen LogP contribution in [0.3, 0.4) is 0 Å². The number of benzene rings is 1. The van der Waals surface area contributed by atoms with Gasteiger partial charge in [-0.3, -0.25) is 9.59 Å². The van der Waals surface area contributed by atoms with E-state index < -0.39 is 0 Å². The minimum Gasteiger partial charge on any atom is -0.359 e. The van der Waals surface area contributed by atoms with Crippen molar-refractivity contribution in [1.29, 1.82) is 0 Å². The van der Waals surface area contributed by atoms with Gasteiger partial charge in [0.2, 0.25) is 5.91 Å². The van der Waals surface area contributed by atoms with Gasteiger partial charge in [-0.05, 0) is 25.2 Å². The number of carbonyl (C=O) groups is 2. The summed E-state index contributed by atoms with van der Waals surface area (Å²) in [4.78, 5) is 28.6. The summed E-state index contributed by atoms with van der Waals surface area (Å²) >= 11 is 0. The second-order valence-corrected chi connectivity index (χ2v) is 5.85. The highest BCUT2D eigenvalue weighted by Crippen LogP contribution is 2.16. The van der Waals surface area contributed by atoms with E-state index in [0.29, 0.717) is 30.7 Å². The number of hydrogen-bond acceptors (Lipinski definition) is 5. The van der Waals surface area contributed by atoms with E-state index in [1.54, 1.807) is 30.1 Å². The van der Waals surface area contributed by atoms with Gasteiger partial charge < -0.3 is 15.1 Å². The Balaban J connectivity index is 1.83. The van der Waals surface area contributed by atoms with Crippen molar-refractivity contribution in [2.24, 2.45) is 5.92 Å². The summed E-state index contributed by atoms with van der Waals surface area (Å²) in [5.74, 6) is -0.352. The van der Waals surface area contributed by atoms with Crippen molar-refractivity contribution in [3.05, 3.63) is 23.8 Å². The normalized spacial score (nSPS) is 19.6. The third-order valence-corrected chi connectivity index (χ3v) is 4.19. The smallest absolute Gasteiger partial charge is 0.254 e. The molecule has 23 heavy (non-hydrogen) atoms. The molecule has 1 saturated heterocycles. The number of likely N-dealkylation sites (N-methyl/N-ethyl adjacent to an activating group) is 1. The number of nitrogens with one attached hydrogen (secondary N) is 2. The molecule has 2 aromatic rings. The van der Waals surface area contributed by atoms with Crippen molar-refractivity contribution in [2.75, 3.05) is 40.3 Å². The maximum Gasteiger partial charge on any atom is 0.254 e. The Kier molecular flexibility index (Phi) is 4.24. The fourth-order valence-corrected chi connectivity index (χ4v) is 2.88. The van der Waals surface area contributed by atoms with Crippen LogP contribution in [0.4, 0.5) is 0 Å². The van der Waals surface area contributed by atoms with E-state index in [1.807, 2.05) is 7.05 Å². The van der Waals surface area contributed by atoms with Gasteiger partial charge in [0.25, 0.3) is 5.91 Å². The van der Waals surface area contributed by atoms with E-state index in [-0.39, 0.29) is 17.7 Å². The molecule has 8 nitrogen and oxygen atoms in total. The van der Waals surface area contributed by atoms with Crippen LogP contribution in [0.5, 0.6) is 0 Å². The van der Waals surface area contributed by atoms with Gasteiger partial charge in [-0.15, -0.1) is 0 Å². The Labute approximate surface area is 133 Å². The SMILES string of the molecule is CNC(=O)[C@@H]1CN(C)CCN(C(=O)c2ccc3n[nH]nc3c2)C1. The monoisotopic (exact) mass is 316 g/mol. The van der Waals surface area contributed by atoms with Crippen molar-refractivity contribution in [3.8, 4) is 0 Å². The fourth-order valence-electron chi connectivity index (χ4n) is 2.88. The Morgan fingerprint density at radius 1 is 1.22 bits per heavy atom. The van der Waals surface area contributed by atoms with E-state index in [9.17, 15) is 9.59 Å². The maximum atomic E-state index is 12.8. The molecule has 8 heteroatoms. The number of H-pyrrole nitrogens is 1. The molecule has 122 valence electrons. The number of aromatic nitrogens is 3. The van der Waals surface area contributed by atoms with Crippen LogP contribution in [0.25, 0.3) is 11.0 Å². The van der Waals surface area contributed by atoms with Gasteiger partial charge in [-0.2, -0.15) is 15.4 Å². The molecule has 0 radical (unpaired) electrons. The summed E-state index contributed by atoms with van der Waals surface area (Å²) in [7, 11) is 3.59. The van der Waals surface area contributed by atoms with Crippen LogP contribution in [0.2, 0.25) is 0 Å². The zero-order valence-corrected chi connectivity index (χ0v) is 13.2. The van der Waals surface area contributed by atoms with Gasteiger partial charge in [0.05, 0.1) is 5.92 Å². The number of amides is 2. The third kappa shape index (κ3) is 3.16. The largest absolute Gasteiger partial charge is 0.359 e. The molecule has 2 heterocycles. The first-order chi connectivity index (χ1) is 11.1. The number of rotatable bonds is 2. The van der Waals surface area contributed by atoms with Gasteiger partial charge >= 0.3 is 0 Å². The van der Waals surface area contributed by atoms with Crippen LogP contribution in [0.15, 0.2) is 18.2 Å². The molecule has 1 aromatic heterocycles. The first-order valence-corrected chi connectivity index (χ1v) is 7.58. The summed E-state index contributed by atoms with van der Waals surface area (Å²) in [5.41, 5.74) is 1.94. The molecular weight excluding hydrogens is 296 g/mol. The Morgan fingerprint density at radius 3 is 2.78 bits per heavy atom. The average molecular weight is 316 g/mol. The second kappa shape index (κ2) is 6.33. The van der Waals surface area contributed by atoms with Gasteiger partial charge in [0, 0.05) is 38.8 Å². The molecule has 3 rings (SSSR count). The van der Waals surface area contributed by atoms with Gasteiger partial charge in [0.1, 0.15) is 11.0 Å². The Bertz CT molecular complexity index is 728. The minimum absolute atomic E-state index is 0.0384.